The highest BCUT2D eigenvalue weighted by atomic mass is 19.1. The highest BCUT2D eigenvalue weighted by Gasteiger charge is 2.32. The van der Waals surface area contributed by atoms with E-state index in [-0.39, 0.29) is 18.3 Å². The molecule has 2 aromatic heterocycles. The van der Waals surface area contributed by atoms with Crippen LogP contribution in [0.15, 0.2) is 60.9 Å². The average Bonchev–Trinajstić information content (AvgIpc) is 3.34. The van der Waals surface area contributed by atoms with E-state index in [9.17, 15) is 9.50 Å². The Kier molecular flexibility index (Phi) is 5.81. The summed E-state index contributed by atoms with van der Waals surface area (Å²) in [6.07, 6.45) is 3.06. The Morgan fingerprint density at radius 1 is 1.17 bits per heavy atom. The largest absolute Gasteiger partial charge is 0.508 e. The first kappa shape index (κ1) is 22.5. The summed E-state index contributed by atoms with van der Waals surface area (Å²) in [5.74, 6) is 1.81. The monoisotopic (exact) mass is 486 g/mol. The number of halogens is 1. The molecule has 6 rings (SSSR count). The number of likely N-dealkylation sites (tertiary alicyclic amines) is 1. The summed E-state index contributed by atoms with van der Waals surface area (Å²) in [5.41, 5.74) is 5.51. The Balaban J connectivity index is 1.29. The van der Waals surface area contributed by atoms with Crippen LogP contribution in [0.25, 0.3) is 22.0 Å². The van der Waals surface area contributed by atoms with Crippen molar-refractivity contribution in [3.8, 4) is 17.2 Å². The molecule has 4 heterocycles. The van der Waals surface area contributed by atoms with Crippen LogP contribution in [0.5, 0.6) is 17.2 Å². The molecule has 36 heavy (non-hydrogen) atoms. The van der Waals surface area contributed by atoms with Crippen LogP contribution >= 0.6 is 0 Å². The van der Waals surface area contributed by atoms with Crippen molar-refractivity contribution in [1.82, 2.24) is 20.1 Å². The summed E-state index contributed by atoms with van der Waals surface area (Å²) < 4.78 is 25.0. The fourth-order valence-corrected chi connectivity index (χ4v) is 5.13. The van der Waals surface area contributed by atoms with E-state index in [1.165, 1.54) is 0 Å². The topological polar surface area (TPSA) is 83.5 Å². The molecule has 2 aliphatic rings. The normalized spacial score (nSPS) is 18.1. The van der Waals surface area contributed by atoms with E-state index >= 15 is 0 Å². The van der Waals surface area contributed by atoms with Crippen LogP contribution in [0, 0.1) is 5.92 Å². The molecular weight excluding hydrogens is 459 g/mol. The molecule has 8 heteroatoms. The second kappa shape index (κ2) is 9.28. The van der Waals surface area contributed by atoms with E-state index in [2.05, 4.69) is 27.0 Å². The maximum atomic E-state index is 12.6. The second-order valence-electron chi connectivity index (χ2n) is 9.40. The summed E-state index contributed by atoms with van der Waals surface area (Å²) >= 11 is 0. The van der Waals surface area contributed by atoms with Crippen molar-refractivity contribution in [3.63, 3.8) is 0 Å². The van der Waals surface area contributed by atoms with E-state index < -0.39 is 6.10 Å². The molecule has 2 aromatic carbocycles. The van der Waals surface area contributed by atoms with Crippen molar-refractivity contribution >= 4 is 22.0 Å². The van der Waals surface area contributed by atoms with E-state index in [0.717, 1.165) is 64.3 Å². The van der Waals surface area contributed by atoms with Crippen LogP contribution in [-0.4, -0.2) is 58.1 Å². The van der Waals surface area contributed by atoms with Gasteiger partial charge in [0.1, 0.15) is 23.9 Å². The van der Waals surface area contributed by atoms with Gasteiger partial charge in [0.05, 0.1) is 30.3 Å². The number of aromatic nitrogens is 3. The Morgan fingerprint density at radius 3 is 2.83 bits per heavy atom. The molecule has 1 fully saturated rings. The quantitative estimate of drug-likeness (QED) is 0.382. The van der Waals surface area contributed by atoms with Crippen LogP contribution in [0.1, 0.15) is 29.8 Å². The van der Waals surface area contributed by atoms with Crippen LogP contribution in [-0.2, 0) is 0 Å². The number of hydrogen-bond acceptors (Lipinski definition) is 6. The lowest BCUT2D eigenvalue weighted by Gasteiger charge is -2.37. The van der Waals surface area contributed by atoms with Gasteiger partial charge in [-0.1, -0.05) is 12.1 Å². The molecule has 2 N–H and O–H groups in total. The minimum Gasteiger partial charge on any atom is -0.508 e. The first-order valence-corrected chi connectivity index (χ1v) is 12.1. The number of benzene rings is 2. The van der Waals surface area contributed by atoms with E-state index in [0.29, 0.717) is 12.4 Å². The molecule has 0 saturated carbocycles. The smallest absolute Gasteiger partial charge is 0.166 e. The number of ether oxygens (including phenoxy) is 2. The maximum Gasteiger partial charge on any atom is 0.166 e. The minimum atomic E-state index is -0.462. The zero-order chi connectivity index (χ0) is 24.6. The third-order valence-electron chi connectivity index (χ3n) is 6.98. The zero-order valence-electron chi connectivity index (χ0n) is 19.9. The number of aromatic hydroxyl groups is 1. The van der Waals surface area contributed by atoms with Gasteiger partial charge in [0.15, 0.2) is 6.10 Å². The Labute approximate surface area is 208 Å². The van der Waals surface area contributed by atoms with Crippen molar-refractivity contribution < 1.29 is 19.0 Å². The molecule has 1 atom stereocenters. The number of pyridine rings is 1. The number of aromatic amines is 1. The molecule has 0 spiro atoms. The third kappa shape index (κ3) is 4.07. The predicted molar refractivity (Wildman–Crippen MR) is 136 cm³/mol. The number of phenolic OH excluding ortho intramolecular Hbond substituents is 1. The molecular formula is C28H27FN4O3. The molecule has 1 saturated heterocycles. The van der Waals surface area contributed by atoms with E-state index in [1.807, 2.05) is 42.6 Å². The maximum absolute atomic E-state index is 12.6. The fourth-order valence-electron chi connectivity index (χ4n) is 5.13. The van der Waals surface area contributed by atoms with Gasteiger partial charge in [-0.15, -0.1) is 0 Å². The van der Waals surface area contributed by atoms with Gasteiger partial charge in [-0.3, -0.25) is 19.4 Å². The van der Waals surface area contributed by atoms with Crippen LogP contribution in [0.4, 0.5) is 4.39 Å². The SMILES string of the molecule is CC1=C(c2cccc(O)c2)C(c2ccc(OCCN3CC(CF)C3)cn2)Oc2ccc3[nH]ncc3c21. The first-order valence-electron chi connectivity index (χ1n) is 12.1. The summed E-state index contributed by atoms with van der Waals surface area (Å²) in [6, 6.07) is 14.9. The van der Waals surface area contributed by atoms with Crippen molar-refractivity contribution in [2.75, 3.05) is 32.9 Å². The molecule has 4 aromatic rings. The Morgan fingerprint density at radius 2 is 2.06 bits per heavy atom. The number of alkyl halides is 1. The van der Waals surface area contributed by atoms with Crippen molar-refractivity contribution in [1.29, 1.82) is 0 Å². The highest BCUT2D eigenvalue weighted by Crippen LogP contribution is 2.48. The number of fused-ring (bicyclic) bond motifs is 3. The highest BCUT2D eigenvalue weighted by molar-refractivity contribution is 6.04. The second-order valence-corrected chi connectivity index (χ2v) is 9.40. The Hall–Kier alpha value is -3.91. The van der Waals surface area contributed by atoms with Gasteiger partial charge >= 0.3 is 0 Å². The van der Waals surface area contributed by atoms with Crippen LogP contribution in [0.3, 0.4) is 0 Å². The number of rotatable bonds is 7. The molecule has 0 aliphatic carbocycles. The lowest BCUT2D eigenvalue weighted by molar-refractivity contribution is 0.0668. The number of H-pyrrole nitrogens is 1. The summed E-state index contributed by atoms with van der Waals surface area (Å²) in [4.78, 5) is 6.88. The lowest BCUT2D eigenvalue weighted by atomic mass is 9.86. The van der Waals surface area contributed by atoms with Crippen LogP contribution in [0.2, 0.25) is 0 Å². The summed E-state index contributed by atoms with van der Waals surface area (Å²) in [6.45, 7) is 4.72. The van der Waals surface area contributed by atoms with Crippen molar-refractivity contribution in [3.05, 3.63) is 77.7 Å². The number of hydrogen-bond donors (Lipinski definition) is 2. The minimum absolute atomic E-state index is 0.174. The number of nitrogens with one attached hydrogen (secondary N) is 1. The van der Waals surface area contributed by atoms with Crippen LogP contribution < -0.4 is 9.47 Å². The average molecular weight is 487 g/mol. The summed E-state index contributed by atoms with van der Waals surface area (Å²) in [5, 5.41) is 18.4. The van der Waals surface area contributed by atoms with Crippen molar-refractivity contribution in [2.45, 2.75) is 13.0 Å². The van der Waals surface area contributed by atoms with Crippen molar-refractivity contribution in [2.24, 2.45) is 5.92 Å². The number of nitrogens with zero attached hydrogens (tertiary/aromatic N) is 3. The van der Waals surface area contributed by atoms with E-state index in [1.54, 1.807) is 18.3 Å². The third-order valence-corrected chi connectivity index (χ3v) is 6.98. The standard InChI is InChI=1S/C28H27FN4O3/c1-17-26(19-3-2-4-20(34)11-19)28(36-25-8-7-23-22(27(17)25)14-31-32-23)24-6-5-21(13-30-24)35-10-9-33-15-18(12-29)16-33/h2-8,11,13-14,18,28,34H,9-10,12,15-16H2,1H3,(H,31,32). The molecule has 0 radical (unpaired) electrons. The van der Waals surface area contributed by atoms with Gasteiger partial charge in [-0.25, -0.2) is 0 Å². The number of allylic oxidation sites excluding steroid dienone is 1. The zero-order valence-corrected chi connectivity index (χ0v) is 19.9. The lowest BCUT2D eigenvalue weighted by Crippen LogP contribution is -2.49. The van der Waals surface area contributed by atoms with Gasteiger partial charge in [-0.2, -0.15) is 5.10 Å². The molecule has 0 bridgehead atoms. The van der Waals surface area contributed by atoms with Gasteiger partial charge in [0.25, 0.3) is 0 Å². The molecule has 1 unspecified atom stereocenters. The molecule has 7 nitrogen and oxygen atoms in total. The van der Waals surface area contributed by atoms with E-state index in [4.69, 9.17) is 9.47 Å². The summed E-state index contributed by atoms with van der Waals surface area (Å²) in [7, 11) is 0. The van der Waals surface area contributed by atoms with Gasteiger partial charge in [-0.05, 0) is 54.5 Å². The van der Waals surface area contributed by atoms with Gasteiger partial charge < -0.3 is 14.6 Å². The Bertz CT molecular complexity index is 1430. The van der Waals surface area contributed by atoms with Gasteiger partial charge in [0.2, 0.25) is 0 Å². The predicted octanol–water partition coefficient (Wildman–Crippen LogP) is 5.01. The fraction of sp³-hybridized carbons (Fsp3) is 0.286. The molecule has 184 valence electrons. The number of phenols is 1. The first-order chi connectivity index (χ1) is 17.6. The molecule has 2 aliphatic heterocycles. The van der Waals surface area contributed by atoms with Gasteiger partial charge in [0, 0.05) is 42.1 Å². The molecule has 0 amide bonds.